The van der Waals surface area contributed by atoms with Crippen LogP contribution in [0, 0.1) is 0 Å². The minimum absolute atomic E-state index is 0.414. The van der Waals surface area contributed by atoms with Crippen molar-refractivity contribution in [1.29, 1.82) is 0 Å². The number of ether oxygens (including phenoxy) is 1. The highest BCUT2D eigenvalue weighted by atomic mass is 16.5. The van der Waals surface area contributed by atoms with Gasteiger partial charge in [-0.25, -0.2) is 0 Å². The fourth-order valence-electron chi connectivity index (χ4n) is 2.01. The molecule has 0 aromatic carbocycles. The largest absolute Gasteiger partial charge is 0.367 e. The minimum atomic E-state index is -0.882. The molecule has 1 aromatic rings. The maximum Gasteiger partial charge on any atom is 0.250 e. The van der Waals surface area contributed by atoms with Crippen LogP contribution in [0.2, 0.25) is 0 Å². The number of morpholine rings is 1. The van der Waals surface area contributed by atoms with E-state index >= 15 is 0 Å². The van der Waals surface area contributed by atoms with Gasteiger partial charge in [-0.2, -0.15) is 5.10 Å². The zero-order valence-corrected chi connectivity index (χ0v) is 10.2. The van der Waals surface area contributed by atoms with Crippen LogP contribution >= 0.6 is 0 Å². The van der Waals surface area contributed by atoms with Crippen LogP contribution in [0.3, 0.4) is 0 Å². The van der Waals surface area contributed by atoms with E-state index in [1.165, 1.54) is 0 Å². The third-order valence-electron chi connectivity index (χ3n) is 3.03. The summed E-state index contributed by atoms with van der Waals surface area (Å²) in [6.07, 6.45) is 1.91. The molecule has 2 N–H and O–H groups in total. The van der Waals surface area contributed by atoms with Gasteiger partial charge in [0.15, 0.2) is 5.60 Å². The minimum Gasteiger partial charge on any atom is -0.367 e. The highest BCUT2D eigenvalue weighted by Crippen LogP contribution is 2.18. The van der Waals surface area contributed by atoms with Gasteiger partial charge in [-0.05, 0) is 13.0 Å². The van der Waals surface area contributed by atoms with Crippen molar-refractivity contribution in [3.63, 3.8) is 0 Å². The molecule has 1 aliphatic heterocycles. The Hall–Kier alpha value is -1.40. The zero-order valence-electron chi connectivity index (χ0n) is 10.2. The van der Waals surface area contributed by atoms with Crippen LogP contribution < -0.4 is 5.73 Å². The second-order valence-corrected chi connectivity index (χ2v) is 4.63. The van der Waals surface area contributed by atoms with Crippen LogP contribution in [0.1, 0.15) is 12.6 Å². The van der Waals surface area contributed by atoms with E-state index in [1.54, 1.807) is 11.6 Å². The highest BCUT2D eigenvalue weighted by molar-refractivity contribution is 5.83. The zero-order chi connectivity index (χ0) is 12.5. The molecule has 1 aliphatic rings. The smallest absolute Gasteiger partial charge is 0.250 e. The van der Waals surface area contributed by atoms with Gasteiger partial charge >= 0.3 is 0 Å². The second kappa shape index (κ2) is 4.46. The quantitative estimate of drug-likeness (QED) is 0.770. The van der Waals surface area contributed by atoms with Gasteiger partial charge < -0.3 is 10.5 Å². The number of aryl methyl sites for hydroxylation is 1. The van der Waals surface area contributed by atoms with Crippen LogP contribution in [-0.2, 0) is 23.1 Å². The van der Waals surface area contributed by atoms with E-state index < -0.39 is 11.5 Å². The van der Waals surface area contributed by atoms with E-state index in [9.17, 15) is 4.79 Å². The van der Waals surface area contributed by atoms with Crippen molar-refractivity contribution < 1.29 is 9.53 Å². The van der Waals surface area contributed by atoms with E-state index in [1.807, 2.05) is 19.3 Å². The lowest BCUT2D eigenvalue weighted by Gasteiger charge is -2.37. The fourth-order valence-corrected chi connectivity index (χ4v) is 2.01. The standard InChI is InChI=1S/C11H18N4O2/c1-11(10(12)16)8-15(5-6-17-11)7-9-3-4-14(2)13-9/h3-4H,5-8H2,1-2H3,(H2,12,16)/t11-/m1/s1. The third-order valence-corrected chi connectivity index (χ3v) is 3.03. The normalized spacial score (nSPS) is 26.0. The number of rotatable bonds is 3. The summed E-state index contributed by atoms with van der Waals surface area (Å²) in [5, 5.41) is 4.32. The van der Waals surface area contributed by atoms with Crippen molar-refractivity contribution in [3.05, 3.63) is 18.0 Å². The molecule has 0 saturated carbocycles. The monoisotopic (exact) mass is 238 g/mol. The van der Waals surface area contributed by atoms with Gasteiger partial charge in [-0.1, -0.05) is 0 Å². The number of aromatic nitrogens is 2. The third kappa shape index (κ3) is 2.65. The Balaban J connectivity index is 2.00. The topological polar surface area (TPSA) is 73.4 Å². The molecular formula is C11H18N4O2. The number of hydrogen-bond acceptors (Lipinski definition) is 4. The Morgan fingerprint density at radius 3 is 3.06 bits per heavy atom. The summed E-state index contributed by atoms with van der Waals surface area (Å²) in [5.41, 5.74) is 5.46. The maximum atomic E-state index is 11.3. The first-order valence-corrected chi connectivity index (χ1v) is 5.64. The summed E-state index contributed by atoms with van der Waals surface area (Å²) in [6.45, 7) is 4.28. The Kier molecular flexibility index (Phi) is 3.17. The summed E-state index contributed by atoms with van der Waals surface area (Å²) in [5.74, 6) is -0.414. The van der Waals surface area contributed by atoms with Crippen molar-refractivity contribution in [2.24, 2.45) is 12.8 Å². The molecule has 1 atom stereocenters. The lowest BCUT2D eigenvalue weighted by Crippen LogP contribution is -2.56. The first-order chi connectivity index (χ1) is 7.99. The number of nitrogens with two attached hydrogens (primary N) is 1. The van der Waals surface area contributed by atoms with Gasteiger partial charge in [0.25, 0.3) is 5.91 Å². The molecule has 0 aliphatic carbocycles. The molecule has 2 rings (SSSR count). The molecule has 94 valence electrons. The average Bonchev–Trinajstić information content (AvgIpc) is 2.64. The number of carbonyl (C=O) groups is 1. The van der Waals surface area contributed by atoms with E-state index in [-0.39, 0.29) is 0 Å². The first-order valence-electron chi connectivity index (χ1n) is 5.64. The molecular weight excluding hydrogens is 220 g/mol. The van der Waals surface area contributed by atoms with Crippen LogP contribution in [-0.4, -0.2) is 45.9 Å². The van der Waals surface area contributed by atoms with Crippen molar-refractivity contribution >= 4 is 5.91 Å². The summed E-state index contributed by atoms with van der Waals surface area (Å²) >= 11 is 0. The SMILES string of the molecule is Cn1ccc(CN2CCO[C@@](C)(C(N)=O)C2)n1. The predicted octanol–water partition coefficient (Wildman–Crippen LogP) is -0.504. The molecule has 1 amide bonds. The van der Waals surface area contributed by atoms with E-state index in [0.717, 1.165) is 12.2 Å². The molecule has 17 heavy (non-hydrogen) atoms. The van der Waals surface area contributed by atoms with Crippen molar-refractivity contribution in [2.45, 2.75) is 19.1 Å². The molecule has 0 radical (unpaired) electrons. The van der Waals surface area contributed by atoms with Crippen LogP contribution in [0.25, 0.3) is 0 Å². The van der Waals surface area contributed by atoms with Crippen LogP contribution in [0.4, 0.5) is 0 Å². The first kappa shape index (κ1) is 12.1. The average molecular weight is 238 g/mol. The lowest BCUT2D eigenvalue weighted by atomic mass is 10.0. The molecule has 0 spiro atoms. The predicted molar refractivity (Wildman–Crippen MR) is 62.0 cm³/mol. The van der Waals surface area contributed by atoms with Crippen LogP contribution in [0.5, 0.6) is 0 Å². The van der Waals surface area contributed by atoms with Gasteiger partial charge in [-0.15, -0.1) is 0 Å². The number of nitrogens with zero attached hydrogens (tertiary/aromatic N) is 3. The maximum absolute atomic E-state index is 11.3. The molecule has 6 heteroatoms. The Bertz CT molecular complexity index is 417. The van der Waals surface area contributed by atoms with E-state index in [0.29, 0.717) is 19.7 Å². The summed E-state index contributed by atoms with van der Waals surface area (Å²) < 4.78 is 7.23. The molecule has 2 heterocycles. The number of amides is 1. The summed E-state index contributed by atoms with van der Waals surface area (Å²) in [7, 11) is 1.89. The number of hydrogen-bond donors (Lipinski definition) is 1. The van der Waals surface area contributed by atoms with Crippen LogP contribution in [0.15, 0.2) is 12.3 Å². The number of carbonyl (C=O) groups excluding carboxylic acids is 1. The van der Waals surface area contributed by atoms with Gasteiger partial charge in [0.05, 0.1) is 12.3 Å². The molecule has 1 saturated heterocycles. The van der Waals surface area contributed by atoms with Gasteiger partial charge in [0.2, 0.25) is 0 Å². The molecule has 1 fully saturated rings. The van der Waals surface area contributed by atoms with Crippen molar-refractivity contribution in [3.8, 4) is 0 Å². The Morgan fingerprint density at radius 1 is 1.71 bits per heavy atom. The second-order valence-electron chi connectivity index (χ2n) is 4.63. The lowest BCUT2D eigenvalue weighted by molar-refractivity contribution is -0.153. The van der Waals surface area contributed by atoms with Crippen molar-refractivity contribution in [2.75, 3.05) is 19.7 Å². The molecule has 1 aromatic heterocycles. The van der Waals surface area contributed by atoms with Crippen molar-refractivity contribution in [1.82, 2.24) is 14.7 Å². The van der Waals surface area contributed by atoms with Gasteiger partial charge in [0.1, 0.15) is 0 Å². The van der Waals surface area contributed by atoms with Gasteiger partial charge in [0, 0.05) is 32.9 Å². The van der Waals surface area contributed by atoms with E-state index in [2.05, 4.69) is 10.00 Å². The molecule has 0 unspecified atom stereocenters. The Morgan fingerprint density at radius 2 is 2.47 bits per heavy atom. The summed E-state index contributed by atoms with van der Waals surface area (Å²) in [6, 6.07) is 1.97. The Labute approximate surface area is 100 Å². The van der Waals surface area contributed by atoms with Gasteiger partial charge in [-0.3, -0.25) is 14.4 Å². The summed E-state index contributed by atoms with van der Waals surface area (Å²) in [4.78, 5) is 13.5. The number of primary amides is 1. The van der Waals surface area contributed by atoms with E-state index in [4.69, 9.17) is 10.5 Å². The highest BCUT2D eigenvalue weighted by Gasteiger charge is 2.37. The molecule has 6 nitrogen and oxygen atoms in total. The fraction of sp³-hybridized carbons (Fsp3) is 0.636. The molecule has 0 bridgehead atoms.